The molecule has 0 saturated heterocycles. The van der Waals surface area contributed by atoms with Crippen molar-refractivity contribution in [2.75, 3.05) is 19.5 Å². The smallest absolute Gasteiger partial charge is 0.425 e. The van der Waals surface area contributed by atoms with Gasteiger partial charge in [0.15, 0.2) is 5.82 Å². The van der Waals surface area contributed by atoms with E-state index in [-0.39, 0.29) is 22.0 Å². The van der Waals surface area contributed by atoms with Gasteiger partial charge in [0.05, 0.1) is 23.4 Å². The molecule has 2 aromatic heterocycles. The minimum atomic E-state index is -0.829. The average Bonchev–Trinajstić information content (AvgIpc) is 3.16. The summed E-state index contributed by atoms with van der Waals surface area (Å²) in [5.74, 6) is -0.780. The molecule has 0 aliphatic carbocycles. The molecule has 172 valence electrons. The van der Waals surface area contributed by atoms with Crippen molar-refractivity contribution in [1.29, 1.82) is 0 Å². The van der Waals surface area contributed by atoms with E-state index in [0.717, 1.165) is 5.01 Å². The zero-order valence-electron chi connectivity index (χ0n) is 17.6. The summed E-state index contributed by atoms with van der Waals surface area (Å²) in [6.07, 6.45) is 2.38. The van der Waals surface area contributed by atoms with Crippen LogP contribution in [-0.4, -0.2) is 46.6 Å². The number of carbonyl (C=O) groups is 3. The molecule has 33 heavy (non-hydrogen) atoms. The predicted molar refractivity (Wildman–Crippen MR) is 128 cm³/mol. The van der Waals surface area contributed by atoms with E-state index in [1.807, 2.05) is 0 Å². The highest BCUT2D eigenvalue weighted by Gasteiger charge is 2.24. The number of anilines is 1. The molecule has 0 spiro atoms. The highest BCUT2D eigenvalue weighted by Crippen LogP contribution is 2.29. The predicted octanol–water partition coefficient (Wildman–Crippen LogP) is 4.85. The minimum Gasteiger partial charge on any atom is -0.452 e. The molecule has 3 rings (SSSR count). The molecule has 12 heteroatoms. The van der Waals surface area contributed by atoms with Crippen LogP contribution in [0.25, 0.3) is 5.82 Å². The van der Waals surface area contributed by atoms with Crippen molar-refractivity contribution < 1.29 is 19.1 Å². The third-order valence-corrected chi connectivity index (χ3v) is 5.45. The SMILES string of the molecule is COC(=O)NN(C)C(=O)c1cc(Cl)cc(C)c1NC(=O)c1cc(Br)cn1-c1ncccc1Cl. The van der Waals surface area contributed by atoms with Crippen LogP contribution in [0.2, 0.25) is 10.0 Å². The number of pyridine rings is 1. The maximum atomic E-state index is 13.3. The van der Waals surface area contributed by atoms with Crippen LogP contribution in [0.15, 0.2) is 47.2 Å². The molecule has 1 aromatic carbocycles. The zero-order chi connectivity index (χ0) is 24.3. The van der Waals surface area contributed by atoms with Gasteiger partial charge in [-0.15, -0.1) is 0 Å². The highest BCUT2D eigenvalue weighted by molar-refractivity contribution is 9.10. The van der Waals surface area contributed by atoms with Gasteiger partial charge in [0.1, 0.15) is 5.69 Å². The van der Waals surface area contributed by atoms with Crippen LogP contribution in [0.4, 0.5) is 10.5 Å². The van der Waals surface area contributed by atoms with Gasteiger partial charge in [0.2, 0.25) is 0 Å². The van der Waals surface area contributed by atoms with Crippen molar-refractivity contribution >= 4 is 62.7 Å². The Morgan fingerprint density at radius 3 is 2.61 bits per heavy atom. The standard InChI is InChI=1S/C21H18BrCl2N5O4/c1-11-7-13(23)9-14(20(31)28(2)27-21(32)33-3)17(11)26-19(30)16-8-12(22)10-29(16)18-15(24)5-4-6-25-18/h4-10H,1-3H3,(H,26,30)(H,27,32). The number of nitrogens with one attached hydrogen (secondary N) is 2. The van der Waals surface area contributed by atoms with E-state index in [1.165, 1.54) is 24.8 Å². The van der Waals surface area contributed by atoms with Crippen LogP contribution in [0.1, 0.15) is 26.4 Å². The number of benzene rings is 1. The molecular weight excluding hydrogens is 537 g/mol. The largest absolute Gasteiger partial charge is 0.452 e. The first kappa shape index (κ1) is 24.6. The summed E-state index contributed by atoms with van der Waals surface area (Å²) in [6.45, 7) is 1.69. The maximum absolute atomic E-state index is 13.3. The van der Waals surface area contributed by atoms with E-state index >= 15 is 0 Å². The van der Waals surface area contributed by atoms with Crippen LogP contribution < -0.4 is 10.7 Å². The number of hydrogen-bond donors (Lipinski definition) is 2. The second-order valence-corrected chi connectivity index (χ2v) is 8.55. The topological polar surface area (TPSA) is 106 Å². The lowest BCUT2D eigenvalue weighted by atomic mass is 10.1. The molecule has 0 aliphatic heterocycles. The first-order chi connectivity index (χ1) is 15.6. The number of aromatic nitrogens is 2. The van der Waals surface area contributed by atoms with Crippen molar-refractivity contribution in [2.45, 2.75) is 6.92 Å². The third kappa shape index (κ3) is 5.47. The number of amides is 3. The van der Waals surface area contributed by atoms with Crippen LogP contribution >= 0.6 is 39.1 Å². The van der Waals surface area contributed by atoms with Crippen molar-refractivity contribution in [3.8, 4) is 5.82 Å². The summed E-state index contributed by atoms with van der Waals surface area (Å²) in [4.78, 5) is 42.0. The first-order valence-electron chi connectivity index (χ1n) is 9.35. The monoisotopic (exact) mass is 553 g/mol. The number of aryl methyl sites for hydroxylation is 1. The Morgan fingerprint density at radius 1 is 1.21 bits per heavy atom. The summed E-state index contributed by atoms with van der Waals surface area (Å²) < 4.78 is 6.66. The van der Waals surface area contributed by atoms with Gasteiger partial charge in [-0.25, -0.2) is 15.2 Å². The second-order valence-electron chi connectivity index (χ2n) is 6.79. The molecule has 3 amide bonds. The number of halogens is 3. The third-order valence-electron chi connectivity index (χ3n) is 4.50. The van der Waals surface area contributed by atoms with E-state index in [2.05, 4.69) is 36.4 Å². The van der Waals surface area contributed by atoms with Gasteiger partial charge in [0.25, 0.3) is 11.8 Å². The van der Waals surface area contributed by atoms with Gasteiger partial charge >= 0.3 is 6.09 Å². The average molecular weight is 555 g/mol. The Hall–Kier alpha value is -3.08. The van der Waals surface area contributed by atoms with Gasteiger partial charge in [-0.2, -0.15) is 0 Å². The quantitative estimate of drug-likeness (QED) is 0.449. The molecule has 0 fully saturated rings. The van der Waals surface area contributed by atoms with Gasteiger partial charge in [-0.1, -0.05) is 23.2 Å². The van der Waals surface area contributed by atoms with E-state index in [4.69, 9.17) is 23.2 Å². The van der Waals surface area contributed by atoms with Crippen molar-refractivity contribution in [3.63, 3.8) is 0 Å². The fourth-order valence-electron chi connectivity index (χ4n) is 3.00. The molecule has 0 radical (unpaired) electrons. The molecule has 0 bridgehead atoms. The number of nitrogens with zero attached hydrogens (tertiary/aromatic N) is 3. The van der Waals surface area contributed by atoms with E-state index in [0.29, 0.717) is 20.9 Å². The molecule has 2 heterocycles. The number of methoxy groups -OCH3 is 1. The van der Waals surface area contributed by atoms with Gasteiger partial charge in [-0.3, -0.25) is 19.2 Å². The molecule has 0 atom stereocenters. The van der Waals surface area contributed by atoms with Crippen molar-refractivity contribution in [1.82, 2.24) is 20.0 Å². The number of rotatable bonds is 4. The van der Waals surface area contributed by atoms with Crippen LogP contribution in [0.3, 0.4) is 0 Å². The molecule has 0 aliphatic rings. The minimum absolute atomic E-state index is 0.0697. The lowest BCUT2D eigenvalue weighted by Gasteiger charge is -2.21. The summed E-state index contributed by atoms with van der Waals surface area (Å²) in [5, 5.41) is 4.33. The summed E-state index contributed by atoms with van der Waals surface area (Å²) >= 11 is 15.8. The molecule has 2 N–H and O–H groups in total. The summed E-state index contributed by atoms with van der Waals surface area (Å²) in [5.41, 5.74) is 3.31. The van der Waals surface area contributed by atoms with E-state index in [1.54, 1.807) is 43.6 Å². The van der Waals surface area contributed by atoms with E-state index in [9.17, 15) is 14.4 Å². The number of carbonyl (C=O) groups excluding carboxylic acids is 3. The Morgan fingerprint density at radius 2 is 1.94 bits per heavy atom. The first-order valence-corrected chi connectivity index (χ1v) is 10.9. The number of ether oxygens (including phenoxy) is 1. The Balaban J connectivity index is 2.00. The Labute approximate surface area is 207 Å². The van der Waals surface area contributed by atoms with Gasteiger partial charge in [-0.05, 0) is 58.7 Å². The molecular formula is C21H18BrCl2N5O4. The van der Waals surface area contributed by atoms with Gasteiger partial charge in [0, 0.05) is 28.9 Å². The Bertz CT molecular complexity index is 1250. The van der Waals surface area contributed by atoms with Crippen LogP contribution in [0.5, 0.6) is 0 Å². The van der Waals surface area contributed by atoms with Crippen LogP contribution in [0, 0.1) is 6.92 Å². The van der Waals surface area contributed by atoms with Crippen molar-refractivity contribution in [2.24, 2.45) is 0 Å². The number of hydrogen-bond acceptors (Lipinski definition) is 5. The lowest BCUT2D eigenvalue weighted by Crippen LogP contribution is -2.43. The molecule has 9 nitrogen and oxygen atoms in total. The Kier molecular flexibility index (Phi) is 7.62. The zero-order valence-corrected chi connectivity index (χ0v) is 20.7. The fraction of sp³-hybridized carbons (Fsp3) is 0.143. The molecule has 3 aromatic rings. The highest BCUT2D eigenvalue weighted by atomic mass is 79.9. The summed E-state index contributed by atoms with van der Waals surface area (Å²) in [6, 6.07) is 7.93. The number of hydrazine groups is 1. The van der Waals surface area contributed by atoms with Gasteiger partial charge < -0.3 is 10.1 Å². The van der Waals surface area contributed by atoms with Crippen LogP contribution in [-0.2, 0) is 4.74 Å². The van der Waals surface area contributed by atoms with E-state index < -0.39 is 17.9 Å². The normalized spacial score (nSPS) is 10.5. The fourth-order valence-corrected chi connectivity index (χ4v) is 3.91. The molecule has 0 saturated carbocycles. The molecule has 0 unspecified atom stereocenters. The lowest BCUT2D eigenvalue weighted by molar-refractivity contribution is 0.0691. The summed E-state index contributed by atoms with van der Waals surface area (Å²) in [7, 11) is 2.51. The van der Waals surface area contributed by atoms with Crippen molar-refractivity contribution in [3.05, 3.63) is 74.1 Å². The second kappa shape index (κ2) is 10.2. The maximum Gasteiger partial charge on any atom is 0.425 e.